The fourth-order valence-electron chi connectivity index (χ4n) is 2.24. The molecule has 0 aliphatic heterocycles. The van der Waals surface area contributed by atoms with E-state index >= 15 is 0 Å². The number of nitrogens with one attached hydrogen (secondary N) is 1. The third-order valence-electron chi connectivity index (χ3n) is 3.51. The highest BCUT2D eigenvalue weighted by atomic mass is 16.5. The number of amides is 1. The van der Waals surface area contributed by atoms with E-state index in [1.165, 1.54) is 0 Å². The molecule has 0 fully saturated rings. The summed E-state index contributed by atoms with van der Waals surface area (Å²) in [6, 6.07) is 23.7. The molecule has 1 N–H and O–H groups in total. The Balaban J connectivity index is 1.78. The van der Waals surface area contributed by atoms with Gasteiger partial charge in [-0.1, -0.05) is 36.4 Å². The fourth-order valence-corrected chi connectivity index (χ4v) is 2.24. The van der Waals surface area contributed by atoms with Crippen LogP contribution in [0.1, 0.15) is 10.4 Å². The summed E-state index contributed by atoms with van der Waals surface area (Å²) in [6.45, 7) is 0. The highest BCUT2D eigenvalue weighted by molar-refractivity contribution is 6.05. The zero-order valence-electron chi connectivity index (χ0n) is 13.7. The zero-order chi connectivity index (χ0) is 17.5. The molecule has 3 rings (SSSR count). The minimum Gasteiger partial charge on any atom is -0.494 e. The van der Waals surface area contributed by atoms with E-state index in [4.69, 9.17) is 4.74 Å². The SMILES string of the molecule is COc1cc(N=Nc2ccccc2)ccc1NC(=O)c1ccccc1. The van der Waals surface area contributed by atoms with Crippen LogP contribution in [0.25, 0.3) is 0 Å². The van der Waals surface area contributed by atoms with Crippen molar-refractivity contribution in [2.24, 2.45) is 10.2 Å². The molecule has 1 amide bonds. The van der Waals surface area contributed by atoms with Gasteiger partial charge in [0.25, 0.3) is 5.91 Å². The van der Waals surface area contributed by atoms with Crippen LogP contribution in [-0.2, 0) is 0 Å². The molecule has 0 radical (unpaired) electrons. The topological polar surface area (TPSA) is 63.1 Å². The third-order valence-corrected chi connectivity index (χ3v) is 3.51. The predicted molar refractivity (Wildman–Crippen MR) is 98.0 cm³/mol. The minimum absolute atomic E-state index is 0.197. The second kappa shape index (κ2) is 7.88. The van der Waals surface area contributed by atoms with E-state index in [2.05, 4.69) is 15.5 Å². The van der Waals surface area contributed by atoms with E-state index in [9.17, 15) is 4.79 Å². The van der Waals surface area contributed by atoms with Gasteiger partial charge < -0.3 is 10.1 Å². The van der Waals surface area contributed by atoms with Crippen LogP contribution in [-0.4, -0.2) is 13.0 Å². The molecule has 0 aliphatic carbocycles. The molecule has 124 valence electrons. The largest absolute Gasteiger partial charge is 0.494 e. The number of carbonyl (C=O) groups excluding carboxylic acids is 1. The first-order chi connectivity index (χ1) is 12.3. The Kier molecular flexibility index (Phi) is 5.16. The maximum atomic E-state index is 12.3. The second-order valence-electron chi connectivity index (χ2n) is 5.24. The van der Waals surface area contributed by atoms with Crippen molar-refractivity contribution in [2.45, 2.75) is 0 Å². The van der Waals surface area contributed by atoms with E-state index in [1.807, 2.05) is 48.5 Å². The van der Waals surface area contributed by atoms with E-state index in [0.29, 0.717) is 22.7 Å². The van der Waals surface area contributed by atoms with Gasteiger partial charge in [0, 0.05) is 11.6 Å². The maximum absolute atomic E-state index is 12.3. The van der Waals surface area contributed by atoms with Crippen LogP contribution in [0, 0.1) is 0 Å². The molecule has 0 saturated heterocycles. The van der Waals surface area contributed by atoms with Crippen LogP contribution < -0.4 is 10.1 Å². The van der Waals surface area contributed by atoms with E-state index in [1.54, 1.807) is 37.4 Å². The quantitative estimate of drug-likeness (QED) is 0.639. The van der Waals surface area contributed by atoms with Gasteiger partial charge in [0.2, 0.25) is 0 Å². The number of rotatable bonds is 5. The molecule has 0 aromatic heterocycles. The van der Waals surface area contributed by atoms with Gasteiger partial charge in [0.1, 0.15) is 5.75 Å². The smallest absolute Gasteiger partial charge is 0.255 e. The molecule has 0 spiro atoms. The lowest BCUT2D eigenvalue weighted by molar-refractivity contribution is 0.102. The molecule has 5 heteroatoms. The Hall–Kier alpha value is -3.47. The molecular weight excluding hydrogens is 314 g/mol. The summed E-state index contributed by atoms with van der Waals surface area (Å²) in [5.74, 6) is 0.325. The van der Waals surface area contributed by atoms with E-state index in [-0.39, 0.29) is 5.91 Å². The first-order valence-electron chi connectivity index (χ1n) is 7.77. The van der Waals surface area contributed by atoms with Crippen molar-refractivity contribution in [1.82, 2.24) is 0 Å². The predicted octanol–water partition coefficient (Wildman–Crippen LogP) is 5.36. The summed E-state index contributed by atoms with van der Waals surface area (Å²) in [6.07, 6.45) is 0. The molecule has 0 unspecified atom stereocenters. The monoisotopic (exact) mass is 331 g/mol. The number of carbonyl (C=O) groups is 1. The van der Waals surface area contributed by atoms with Crippen molar-refractivity contribution in [2.75, 3.05) is 12.4 Å². The highest BCUT2D eigenvalue weighted by Gasteiger charge is 2.10. The van der Waals surface area contributed by atoms with Crippen molar-refractivity contribution < 1.29 is 9.53 Å². The summed E-state index contributed by atoms with van der Waals surface area (Å²) >= 11 is 0. The number of benzene rings is 3. The average molecular weight is 331 g/mol. The van der Waals surface area contributed by atoms with Gasteiger partial charge in [-0.25, -0.2) is 0 Å². The van der Waals surface area contributed by atoms with Crippen molar-refractivity contribution in [3.05, 3.63) is 84.4 Å². The first-order valence-corrected chi connectivity index (χ1v) is 7.77. The summed E-state index contributed by atoms with van der Waals surface area (Å²) in [5.41, 5.74) is 2.56. The van der Waals surface area contributed by atoms with Gasteiger partial charge in [-0.05, 0) is 36.4 Å². The lowest BCUT2D eigenvalue weighted by atomic mass is 10.2. The number of methoxy groups -OCH3 is 1. The third kappa shape index (κ3) is 4.29. The Bertz CT molecular complexity index is 878. The maximum Gasteiger partial charge on any atom is 0.255 e. The molecule has 25 heavy (non-hydrogen) atoms. The molecular formula is C20H17N3O2. The molecule has 0 aliphatic rings. The number of nitrogens with zero attached hydrogens (tertiary/aromatic N) is 2. The number of hydrogen-bond acceptors (Lipinski definition) is 4. The van der Waals surface area contributed by atoms with Crippen molar-refractivity contribution in [3.8, 4) is 5.75 Å². The zero-order valence-corrected chi connectivity index (χ0v) is 13.7. The van der Waals surface area contributed by atoms with Crippen LogP contribution in [0.3, 0.4) is 0 Å². The molecule has 0 saturated carbocycles. The highest BCUT2D eigenvalue weighted by Crippen LogP contribution is 2.30. The van der Waals surface area contributed by atoms with Crippen molar-refractivity contribution in [1.29, 1.82) is 0 Å². The van der Waals surface area contributed by atoms with Gasteiger partial charge in [-0.15, -0.1) is 0 Å². The average Bonchev–Trinajstić information content (AvgIpc) is 2.68. The molecule has 0 heterocycles. The van der Waals surface area contributed by atoms with Gasteiger partial charge in [0.15, 0.2) is 0 Å². The Morgan fingerprint density at radius 3 is 2.16 bits per heavy atom. The van der Waals surface area contributed by atoms with Crippen LogP contribution in [0.4, 0.5) is 17.1 Å². The Labute approximate surface area is 146 Å². The summed E-state index contributed by atoms with van der Waals surface area (Å²) in [4.78, 5) is 12.3. The number of hydrogen-bond donors (Lipinski definition) is 1. The molecule has 5 nitrogen and oxygen atoms in total. The minimum atomic E-state index is -0.197. The van der Waals surface area contributed by atoms with Crippen LogP contribution >= 0.6 is 0 Å². The lowest BCUT2D eigenvalue weighted by Gasteiger charge is -2.10. The van der Waals surface area contributed by atoms with Gasteiger partial charge in [-0.2, -0.15) is 10.2 Å². The van der Waals surface area contributed by atoms with Crippen LogP contribution in [0.15, 0.2) is 89.1 Å². The van der Waals surface area contributed by atoms with Gasteiger partial charge >= 0.3 is 0 Å². The summed E-state index contributed by atoms with van der Waals surface area (Å²) in [5, 5.41) is 11.2. The Morgan fingerprint density at radius 2 is 1.48 bits per heavy atom. The summed E-state index contributed by atoms with van der Waals surface area (Å²) < 4.78 is 5.36. The molecule has 0 bridgehead atoms. The normalized spacial score (nSPS) is 10.6. The van der Waals surface area contributed by atoms with Crippen molar-refractivity contribution in [3.63, 3.8) is 0 Å². The van der Waals surface area contributed by atoms with Crippen LogP contribution in [0.2, 0.25) is 0 Å². The lowest BCUT2D eigenvalue weighted by Crippen LogP contribution is -2.12. The van der Waals surface area contributed by atoms with Crippen LogP contribution in [0.5, 0.6) is 5.75 Å². The second-order valence-corrected chi connectivity index (χ2v) is 5.24. The van der Waals surface area contributed by atoms with Gasteiger partial charge in [-0.3, -0.25) is 4.79 Å². The Morgan fingerprint density at radius 1 is 0.840 bits per heavy atom. The van der Waals surface area contributed by atoms with Crippen molar-refractivity contribution >= 4 is 23.0 Å². The molecule has 0 atom stereocenters. The molecule has 3 aromatic rings. The number of ether oxygens (including phenoxy) is 1. The number of anilines is 1. The van der Waals surface area contributed by atoms with Gasteiger partial charge in [0.05, 0.1) is 24.2 Å². The fraction of sp³-hybridized carbons (Fsp3) is 0.0500. The molecule has 3 aromatic carbocycles. The standard InChI is InChI=1S/C20H17N3O2/c1-25-19-14-17(23-22-16-10-6-3-7-11-16)12-13-18(19)21-20(24)15-8-4-2-5-9-15/h2-14H,1H3,(H,21,24). The number of azo groups is 1. The first kappa shape index (κ1) is 16.4. The van der Waals surface area contributed by atoms with E-state index < -0.39 is 0 Å². The van der Waals surface area contributed by atoms with E-state index in [0.717, 1.165) is 5.69 Å². The summed E-state index contributed by atoms with van der Waals surface area (Å²) in [7, 11) is 1.55.